The van der Waals surface area contributed by atoms with Crippen molar-refractivity contribution in [2.75, 3.05) is 14.2 Å². The maximum atomic E-state index is 12.7. The Bertz CT molecular complexity index is 623. The van der Waals surface area contributed by atoms with Gasteiger partial charge in [0.05, 0.1) is 14.2 Å². The van der Waals surface area contributed by atoms with Crippen LogP contribution in [0.1, 0.15) is 21.5 Å². The quantitative estimate of drug-likeness (QED) is 0.793. The van der Waals surface area contributed by atoms with E-state index in [0.717, 1.165) is 16.4 Å². The van der Waals surface area contributed by atoms with Crippen LogP contribution in [-0.2, 0) is 0 Å². The first-order valence-electron chi connectivity index (χ1n) is 6.67. The highest BCUT2D eigenvalue weighted by atomic mass is 31.1. The van der Waals surface area contributed by atoms with E-state index in [1.807, 2.05) is 38.1 Å². The Labute approximate surface area is 127 Å². The Hall–Kier alpha value is -1.86. The van der Waals surface area contributed by atoms with Crippen molar-refractivity contribution in [3.63, 3.8) is 0 Å². The minimum absolute atomic E-state index is 0.0294. The standard InChI is InChI=1S/C17H19O3P/c1-11-7-5-8-12(2)16(11)21-17(18)15-13(19-3)9-6-10-14(15)20-4/h5-10,21H,1-4H3. The van der Waals surface area contributed by atoms with E-state index in [-0.39, 0.29) is 14.1 Å². The van der Waals surface area contributed by atoms with Crippen LogP contribution in [0.5, 0.6) is 11.5 Å². The van der Waals surface area contributed by atoms with Gasteiger partial charge in [0.2, 0.25) is 0 Å². The van der Waals surface area contributed by atoms with Gasteiger partial charge in [0, 0.05) is 0 Å². The molecule has 0 N–H and O–H groups in total. The second-order valence-electron chi connectivity index (χ2n) is 4.76. The number of carbonyl (C=O) groups excluding carboxylic acids is 1. The molecule has 0 radical (unpaired) electrons. The predicted octanol–water partition coefficient (Wildman–Crippen LogP) is 3.46. The van der Waals surface area contributed by atoms with Crippen molar-refractivity contribution in [3.8, 4) is 11.5 Å². The molecule has 0 bridgehead atoms. The maximum Gasteiger partial charge on any atom is 0.193 e. The van der Waals surface area contributed by atoms with Crippen LogP contribution < -0.4 is 14.8 Å². The van der Waals surface area contributed by atoms with Gasteiger partial charge in [-0.1, -0.05) is 24.3 Å². The molecule has 0 spiro atoms. The molecule has 0 heterocycles. The molecule has 0 aliphatic heterocycles. The SMILES string of the molecule is COc1cccc(OC)c1C(=O)Pc1c(C)cccc1C. The fraction of sp³-hybridized carbons (Fsp3) is 0.235. The minimum atomic E-state index is 0.0294. The van der Waals surface area contributed by atoms with Gasteiger partial charge in [-0.15, -0.1) is 0 Å². The van der Waals surface area contributed by atoms with Gasteiger partial charge in [-0.2, -0.15) is 0 Å². The van der Waals surface area contributed by atoms with Crippen molar-refractivity contribution in [1.82, 2.24) is 0 Å². The Morgan fingerprint density at radius 1 is 0.905 bits per heavy atom. The van der Waals surface area contributed by atoms with E-state index in [2.05, 4.69) is 0 Å². The third kappa shape index (κ3) is 3.25. The van der Waals surface area contributed by atoms with Gasteiger partial charge in [-0.05, 0) is 51.0 Å². The highest BCUT2D eigenvalue weighted by Gasteiger charge is 2.19. The average Bonchev–Trinajstić information content (AvgIpc) is 2.49. The van der Waals surface area contributed by atoms with Gasteiger partial charge < -0.3 is 9.47 Å². The largest absolute Gasteiger partial charge is 0.496 e. The molecule has 0 fully saturated rings. The van der Waals surface area contributed by atoms with Crippen molar-refractivity contribution in [3.05, 3.63) is 53.1 Å². The monoisotopic (exact) mass is 302 g/mol. The number of aryl methyl sites for hydroxylation is 2. The predicted molar refractivity (Wildman–Crippen MR) is 87.7 cm³/mol. The summed E-state index contributed by atoms with van der Waals surface area (Å²) in [5.74, 6) is 1.11. The van der Waals surface area contributed by atoms with Crippen LogP contribution in [0.2, 0.25) is 0 Å². The zero-order valence-electron chi connectivity index (χ0n) is 12.7. The molecule has 1 atom stereocenters. The molecule has 2 aromatic rings. The van der Waals surface area contributed by atoms with E-state index in [4.69, 9.17) is 9.47 Å². The molecule has 2 rings (SSSR count). The fourth-order valence-corrected chi connectivity index (χ4v) is 3.42. The summed E-state index contributed by atoms with van der Waals surface area (Å²) in [6.45, 7) is 4.06. The van der Waals surface area contributed by atoms with Crippen LogP contribution in [-0.4, -0.2) is 19.7 Å². The number of ether oxygens (including phenoxy) is 2. The van der Waals surface area contributed by atoms with Crippen molar-refractivity contribution < 1.29 is 14.3 Å². The second-order valence-corrected chi connectivity index (χ2v) is 5.96. The minimum Gasteiger partial charge on any atom is -0.496 e. The Morgan fingerprint density at radius 2 is 1.38 bits per heavy atom. The van der Waals surface area contributed by atoms with E-state index < -0.39 is 0 Å². The molecule has 0 aliphatic rings. The molecule has 0 aromatic heterocycles. The van der Waals surface area contributed by atoms with Crippen LogP contribution in [0.15, 0.2) is 36.4 Å². The van der Waals surface area contributed by atoms with Crippen molar-refractivity contribution in [1.29, 1.82) is 0 Å². The van der Waals surface area contributed by atoms with Gasteiger partial charge in [-0.3, -0.25) is 4.79 Å². The first kappa shape index (κ1) is 15.5. The van der Waals surface area contributed by atoms with Crippen LogP contribution >= 0.6 is 8.58 Å². The zero-order chi connectivity index (χ0) is 15.4. The van der Waals surface area contributed by atoms with Crippen LogP contribution in [0.4, 0.5) is 0 Å². The molecule has 110 valence electrons. The summed E-state index contributed by atoms with van der Waals surface area (Å²) >= 11 is 0. The third-order valence-electron chi connectivity index (χ3n) is 3.37. The highest BCUT2D eigenvalue weighted by Crippen LogP contribution is 2.34. The van der Waals surface area contributed by atoms with Crippen LogP contribution in [0, 0.1) is 13.8 Å². The van der Waals surface area contributed by atoms with Crippen molar-refractivity contribution in [2.45, 2.75) is 13.8 Å². The molecule has 21 heavy (non-hydrogen) atoms. The van der Waals surface area contributed by atoms with E-state index in [9.17, 15) is 4.79 Å². The third-order valence-corrected chi connectivity index (χ3v) is 4.89. The Kier molecular flexibility index (Phi) is 4.98. The zero-order valence-corrected chi connectivity index (χ0v) is 13.7. The fourth-order valence-electron chi connectivity index (χ4n) is 2.26. The molecule has 2 aromatic carbocycles. The molecular weight excluding hydrogens is 283 g/mol. The molecular formula is C17H19O3P. The van der Waals surface area contributed by atoms with Gasteiger partial charge in [-0.25, -0.2) is 0 Å². The topological polar surface area (TPSA) is 35.5 Å². The average molecular weight is 302 g/mol. The van der Waals surface area contributed by atoms with Gasteiger partial charge in [0.15, 0.2) is 5.52 Å². The summed E-state index contributed by atoms with van der Waals surface area (Å²) in [6, 6.07) is 11.4. The summed E-state index contributed by atoms with van der Waals surface area (Å²) in [5, 5.41) is 1.09. The number of hydrogen-bond donors (Lipinski definition) is 0. The smallest absolute Gasteiger partial charge is 0.193 e. The number of methoxy groups -OCH3 is 2. The Morgan fingerprint density at radius 3 is 1.86 bits per heavy atom. The maximum absolute atomic E-state index is 12.7. The lowest BCUT2D eigenvalue weighted by atomic mass is 10.2. The summed E-state index contributed by atoms with van der Waals surface area (Å²) in [6.07, 6.45) is 0. The van der Waals surface area contributed by atoms with E-state index in [1.54, 1.807) is 26.4 Å². The molecule has 4 heteroatoms. The molecule has 0 amide bonds. The van der Waals surface area contributed by atoms with Crippen LogP contribution in [0.25, 0.3) is 0 Å². The van der Waals surface area contributed by atoms with Crippen molar-refractivity contribution in [2.24, 2.45) is 0 Å². The summed E-state index contributed by atoms with van der Waals surface area (Å²) in [4.78, 5) is 12.7. The number of rotatable bonds is 5. The highest BCUT2D eigenvalue weighted by molar-refractivity contribution is 7.66. The van der Waals surface area contributed by atoms with Gasteiger partial charge in [0.25, 0.3) is 0 Å². The van der Waals surface area contributed by atoms with Gasteiger partial charge in [0.1, 0.15) is 17.1 Å². The van der Waals surface area contributed by atoms with Crippen LogP contribution in [0.3, 0.4) is 0 Å². The van der Waals surface area contributed by atoms with Crippen molar-refractivity contribution >= 4 is 19.4 Å². The molecule has 0 aliphatic carbocycles. The lowest BCUT2D eigenvalue weighted by Gasteiger charge is -2.14. The molecule has 0 saturated carbocycles. The van der Waals surface area contributed by atoms with E-state index in [0.29, 0.717) is 17.1 Å². The first-order chi connectivity index (χ1) is 10.1. The lowest BCUT2D eigenvalue weighted by molar-refractivity contribution is 0.108. The summed E-state index contributed by atoms with van der Waals surface area (Å²) in [5.41, 5.74) is 2.82. The van der Waals surface area contributed by atoms with E-state index >= 15 is 0 Å². The number of hydrogen-bond acceptors (Lipinski definition) is 3. The lowest BCUT2D eigenvalue weighted by Crippen LogP contribution is -2.10. The molecule has 3 nitrogen and oxygen atoms in total. The van der Waals surface area contributed by atoms with E-state index in [1.165, 1.54) is 0 Å². The molecule has 0 saturated heterocycles. The summed E-state index contributed by atoms with van der Waals surface area (Å²) in [7, 11) is 3.18. The first-order valence-corrected chi connectivity index (χ1v) is 7.67. The molecule has 1 unspecified atom stereocenters. The number of benzene rings is 2. The van der Waals surface area contributed by atoms with Gasteiger partial charge >= 0.3 is 0 Å². The second kappa shape index (κ2) is 6.73. The summed E-state index contributed by atoms with van der Waals surface area (Å²) < 4.78 is 10.6. The Balaban J connectivity index is 2.41. The number of carbonyl (C=O) groups is 1. The normalized spacial score (nSPS) is 10.9.